The Kier molecular flexibility index (Phi) is 3.81. The third-order valence-electron chi connectivity index (χ3n) is 3.08. The number of halogens is 2. The lowest BCUT2D eigenvalue weighted by atomic mass is 9.97. The minimum Gasteiger partial charge on any atom is -0.496 e. The van der Waals surface area contributed by atoms with Crippen LogP contribution in [0.5, 0.6) is 5.75 Å². The second-order valence-corrected chi connectivity index (χ2v) is 4.37. The molecule has 0 spiro atoms. The Hall–Kier alpha value is -1.94. The zero-order chi connectivity index (χ0) is 14.0. The lowest BCUT2D eigenvalue weighted by Crippen LogP contribution is -2.14. The van der Waals surface area contributed by atoms with Gasteiger partial charge in [-0.05, 0) is 42.3 Å². The summed E-state index contributed by atoms with van der Waals surface area (Å²) in [5.41, 5.74) is 7.76. The van der Waals surface area contributed by atoms with Crippen molar-refractivity contribution < 1.29 is 13.5 Å². The van der Waals surface area contributed by atoms with E-state index in [9.17, 15) is 8.78 Å². The SMILES string of the molecule is COc1cc(C(N)c2cc(F)ccc2F)ccc1C. The summed E-state index contributed by atoms with van der Waals surface area (Å²) in [7, 11) is 1.56. The van der Waals surface area contributed by atoms with E-state index in [2.05, 4.69) is 0 Å². The highest BCUT2D eigenvalue weighted by molar-refractivity contribution is 5.41. The molecular weight excluding hydrogens is 248 g/mol. The third kappa shape index (κ3) is 2.74. The Morgan fingerprint density at radius 1 is 1.11 bits per heavy atom. The molecule has 0 aliphatic carbocycles. The number of ether oxygens (including phenoxy) is 1. The fourth-order valence-electron chi connectivity index (χ4n) is 1.96. The van der Waals surface area contributed by atoms with E-state index in [0.717, 1.165) is 23.8 Å². The summed E-state index contributed by atoms with van der Waals surface area (Å²) >= 11 is 0. The fourth-order valence-corrected chi connectivity index (χ4v) is 1.96. The Bertz CT molecular complexity index is 599. The van der Waals surface area contributed by atoms with E-state index in [0.29, 0.717) is 11.3 Å². The summed E-state index contributed by atoms with van der Waals surface area (Å²) in [6.45, 7) is 1.90. The molecule has 19 heavy (non-hydrogen) atoms. The molecule has 2 aromatic rings. The van der Waals surface area contributed by atoms with Gasteiger partial charge in [0, 0.05) is 5.56 Å². The highest BCUT2D eigenvalue weighted by Gasteiger charge is 2.15. The molecule has 2 nitrogen and oxygen atoms in total. The maximum absolute atomic E-state index is 13.7. The van der Waals surface area contributed by atoms with Gasteiger partial charge >= 0.3 is 0 Å². The van der Waals surface area contributed by atoms with E-state index < -0.39 is 17.7 Å². The number of methoxy groups -OCH3 is 1. The normalized spacial score (nSPS) is 12.3. The van der Waals surface area contributed by atoms with Crippen molar-refractivity contribution in [2.24, 2.45) is 5.73 Å². The molecule has 1 atom stereocenters. The lowest BCUT2D eigenvalue weighted by Gasteiger charge is -2.15. The molecule has 0 aromatic heterocycles. The summed E-state index contributed by atoms with van der Waals surface area (Å²) in [5, 5.41) is 0. The zero-order valence-corrected chi connectivity index (χ0v) is 10.8. The highest BCUT2D eigenvalue weighted by atomic mass is 19.1. The van der Waals surface area contributed by atoms with E-state index in [1.165, 1.54) is 0 Å². The molecule has 0 amide bonds. The topological polar surface area (TPSA) is 35.2 Å². The summed E-state index contributed by atoms with van der Waals surface area (Å²) in [6.07, 6.45) is 0. The second-order valence-electron chi connectivity index (χ2n) is 4.37. The van der Waals surface area contributed by atoms with Crippen LogP contribution < -0.4 is 10.5 Å². The summed E-state index contributed by atoms with van der Waals surface area (Å²) in [6, 6.07) is 7.90. The van der Waals surface area contributed by atoms with E-state index in [4.69, 9.17) is 10.5 Å². The first kappa shape index (κ1) is 13.5. The van der Waals surface area contributed by atoms with Gasteiger partial charge in [-0.3, -0.25) is 0 Å². The molecular formula is C15H15F2NO. The van der Waals surface area contributed by atoms with Crippen molar-refractivity contribution in [2.45, 2.75) is 13.0 Å². The Morgan fingerprint density at radius 3 is 2.53 bits per heavy atom. The van der Waals surface area contributed by atoms with Gasteiger partial charge in [0.25, 0.3) is 0 Å². The van der Waals surface area contributed by atoms with Crippen molar-refractivity contribution in [3.05, 3.63) is 64.7 Å². The molecule has 2 aromatic carbocycles. The van der Waals surface area contributed by atoms with Crippen LogP contribution in [0.15, 0.2) is 36.4 Å². The predicted molar refractivity (Wildman–Crippen MR) is 70.1 cm³/mol. The smallest absolute Gasteiger partial charge is 0.128 e. The monoisotopic (exact) mass is 263 g/mol. The van der Waals surface area contributed by atoms with Gasteiger partial charge in [-0.1, -0.05) is 12.1 Å². The standard InChI is InChI=1S/C15H15F2NO/c1-9-3-4-10(7-14(9)19-2)15(18)12-8-11(16)5-6-13(12)17/h3-8,15H,18H2,1-2H3. The molecule has 0 aliphatic heterocycles. The van der Waals surface area contributed by atoms with Crippen LogP contribution in [-0.2, 0) is 0 Å². The van der Waals surface area contributed by atoms with Gasteiger partial charge in [0.2, 0.25) is 0 Å². The van der Waals surface area contributed by atoms with Crippen molar-refractivity contribution in [2.75, 3.05) is 7.11 Å². The minimum absolute atomic E-state index is 0.130. The summed E-state index contributed by atoms with van der Waals surface area (Å²) in [5.74, 6) is -0.357. The first-order valence-corrected chi connectivity index (χ1v) is 5.88. The largest absolute Gasteiger partial charge is 0.496 e. The molecule has 0 saturated heterocycles. The average molecular weight is 263 g/mol. The van der Waals surface area contributed by atoms with Crippen LogP contribution in [0.2, 0.25) is 0 Å². The lowest BCUT2D eigenvalue weighted by molar-refractivity contribution is 0.411. The van der Waals surface area contributed by atoms with Crippen LogP contribution in [0.1, 0.15) is 22.7 Å². The third-order valence-corrected chi connectivity index (χ3v) is 3.08. The summed E-state index contributed by atoms with van der Waals surface area (Å²) in [4.78, 5) is 0. The van der Waals surface area contributed by atoms with Crippen LogP contribution in [0.25, 0.3) is 0 Å². The molecule has 4 heteroatoms. The Balaban J connectivity index is 2.43. The van der Waals surface area contributed by atoms with E-state index in [1.54, 1.807) is 19.2 Å². The van der Waals surface area contributed by atoms with Crippen molar-refractivity contribution >= 4 is 0 Å². The quantitative estimate of drug-likeness (QED) is 0.921. The zero-order valence-electron chi connectivity index (χ0n) is 10.8. The fraction of sp³-hybridized carbons (Fsp3) is 0.200. The van der Waals surface area contributed by atoms with Crippen LogP contribution in [0.3, 0.4) is 0 Å². The van der Waals surface area contributed by atoms with Crippen molar-refractivity contribution in [1.29, 1.82) is 0 Å². The molecule has 2 rings (SSSR count). The van der Waals surface area contributed by atoms with Crippen LogP contribution in [0.4, 0.5) is 8.78 Å². The minimum atomic E-state index is -0.731. The first-order chi connectivity index (χ1) is 9.02. The Morgan fingerprint density at radius 2 is 1.84 bits per heavy atom. The number of hydrogen-bond acceptors (Lipinski definition) is 2. The molecule has 0 radical (unpaired) electrons. The first-order valence-electron chi connectivity index (χ1n) is 5.88. The predicted octanol–water partition coefficient (Wildman–Crippen LogP) is 3.33. The van der Waals surface area contributed by atoms with Gasteiger partial charge in [-0.25, -0.2) is 8.78 Å². The van der Waals surface area contributed by atoms with Crippen LogP contribution in [0, 0.1) is 18.6 Å². The maximum Gasteiger partial charge on any atom is 0.128 e. The van der Waals surface area contributed by atoms with E-state index in [-0.39, 0.29) is 5.56 Å². The average Bonchev–Trinajstić information content (AvgIpc) is 2.41. The number of hydrogen-bond donors (Lipinski definition) is 1. The number of aryl methyl sites for hydroxylation is 1. The number of nitrogens with two attached hydrogens (primary N) is 1. The highest BCUT2D eigenvalue weighted by Crippen LogP contribution is 2.27. The van der Waals surface area contributed by atoms with Gasteiger partial charge in [-0.15, -0.1) is 0 Å². The molecule has 0 aliphatic rings. The maximum atomic E-state index is 13.7. The number of benzene rings is 2. The molecule has 2 N–H and O–H groups in total. The van der Waals surface area contributed by atoms with Gasteiger partial charge in [0.15, 0.2) is 0 Å². The van der Waals surface area contributed by atoms with Crippen LogP contribution >= 0.6 is 0 Å². The van der Waals surface area contributed by atoms with Gasteiger partial charge in [-0.2, -0.15) is 0 Å². The number of rotatable bonds is 3. The van der Waals surface area contributed by atoms with Crippen LogP contribution in [-0.4, -0.2) is 7.11 Å². The second kappa shape index (κ2) is 5.36. The van der Waals surface area contributed by atoms with E-state index in [1.807, 2.05) is 13.0 Å². The van der Waals surface area contributed by atoms with Crippen molar-refractivity contribution in [3.8, 4) is 5.75 Å². The van der Waals surface area contributed by atoms with Crippen molar-refractivity contribution in [1.82, 2.24) is 0 Å². The van der Waals surface area contributed by atoms with Gasteiger partial charge in [0.1, 0.15) is 17.4 Å². The molecule has 0 bridgehead atoms. The van der Waals surface area contributed by atoms with Crippen molar-refractivity contribution in [3.63, 3.8) is 0 Å². The van der Waals surface area contributed by atoms with Gasteiger partial charge < -0.3 is 10.5 Å². The van der Waals surface area contributed by atoms with E-state index >= 15 is 0 Å². The Labute approximate surface area is 110 Å². The molecule has 100 valence electrons. The molecule has 1 unspecified atom stereocenters. The molecule has 0 fully saturated rings. The van der Waals surface area contributed by atoms with Gasteiger partial charge in [0.05, 0.1) is 13.2 Å². The summed E-state index contributed by atoms with van der Waals surface area (Å²) < 4.78 is 32.1. The molecule has 0 saturated carbocycles. The molecule has 0 heterocycles.